The van der Waals surface area contributed by atoms with Gasteiger partial charge in [-0.1, -0.05) is 24.3 Å². The van der Waals surface area contributed by atoms with Gasteiger partial charge in [0.1, 0.15) is 17.1 Å². The summed E-state index contributed by atoms with van der Waals surface area (Å²) in [7, 11) is 1.57. The Labute approximate surface area is 163 Å². The zero-order valence-electron chi connectivity index (χ0n) is 14.7. The van der Waals surface area contributed by atoms with Gasteiger partial charge >= 0.3 is 5.97 Å². The van der Waals surface area contributed by atoms with E-state index in [1.807, 2.05) is 18.2 Å². The third kappa shape index (κ3) is 3.98. The molecule has 0 aromatic heterocycles. The molecule has 144 valence electrons. The molecule has 1 unspecified atom stereocenters. The lowest BCUT2D eigenvalue weighted by Crippen LogP contribution is -2.19. The van der Waals surface area contributed by atoms with E-state index in [9.17, 15) is 18.7 Å². The molecule has 0 saturated carbocycles. The van der Waals surface area contributed by atoms with Crippen LogP contribution in [0.3, 0.4) is 0 Å². The second kappa shape index (κ2) is 8.12. The van der Waals surface area contributed by atoms with Crippen molar-refractivity contribution in [2.24, 2.45) is 0 Å². The van der Waals surface area contributed by atoms with Crippen molar-refractivity contribution in [1.29, 1.82) is 0 Å². The number of anilines is 2. The lowest BCUT2D eigenvalue weighted by atomic mass is 10.0. The second-order valence-corrected chi connectivity index (χ2v) is 6.60. The summed E-state index contributed by atoms with van der Waals surface area (Å²) in [6.45, 7) is 0. The molecule has 3 rings (SSSR count). The number of hydrogen-bond donors (Lipinski definition) is 2. The highest BCUT2D eigenvalue weighted by atomic mass is 32.2. The van der Waals surface area contributed by atoms with Crippen molar-refractivity contribution in [2.45, 2.75) is 0 Å². The number of carboxylic acid groups (broad SMARTS) is 1. The Kier molecular flexibility index (Phi) is 5.62. The van der Waals surface area contributed by atoms with E-state index in [4.69, 9.17) is 9.84 Å². The van der Waals surface area contributed by atoms with Gasteiger partial charge in [0.2, 0.25) is 0 Å². The van der Waals surface area contributed by atoms with Crippen molar-refractivity contribution in [2.75, 3.05) is 11.4 Å². The van der Waals surface area contributed by atoms with E-state index in [1.165, 1.54) is 6.07 Å². The predicted molar refractivity (Wildman–Crippen MR) is 105 cm³/mol. The van der Waals surface area contributed by atoms with Gasteiger partial charge in [-0.25, -0.2) is 4.79 Å². The fourth-order valence-electron chi connectivity index (χ4n) is 2.74. The molecule has 0 spiro atoms. The third-order valence-electron chi connectivity index (χ3n) is 4.10. The summed E-state index contributed by atoms with van der Waals surface area (Å²) >= 11 is -2.70. The van der Waals surface area contributed by atoms with Gasteiger partial charge in [0.15, 0.2) is 0 Å². The first-order valence-corrected chi connectivity index (χ1v) is 9.14. The molecule has 7 nitrogen and oxygen atoms in total. The normalized spacial score (nSPS) is 11.6. The van der Waals surface area contributed by atoms with Crippen LogP contribution >= 0.6 is 0 Å². The minimum atomic E-state index is -2.70. The number of hydrogen-bond acceptors (Lipinski definition) is 5. The van der Waals surface area contributed by atoms with Crippen LogP contribution in [0.4, 0.5) is 11.4 Å². The van der Waals surface area contributed by atoms with Crippen LogP contribution in [0.15, 0.2) is 66.7 Å². The number of aromatic hydroxyl groups is 1. The van der Waals surface area contributed by atoms with E-state index in [0.29, 0.717) is 11.4 Å². The first-order valence-electron chi connectivity index (χ1n) is 8.11. The maximum absolute atomic E-state index is 11.9. The Morgan fingerprint density at radius 2 is 1.68 bits per heavy atom. The molecule has 8 heteroatoms. The maximum Gasteiger partial charge on any atom is 0.339 e. The maximum atomic E-state index is 11.9. The standard InChI is InChI=1S/C20H17NO6S/c1-27-17-8-5-13(6-9-17)14-3-2-4-15(11-14)21(28(25)26)16-7-10-18(20(23)24)19(22)12-16/h2-12,22H,1H3,(H,23,24)(H,25,26)/p-1. The van der Waals surface area contributed by atoms with Crippen molar-refractivity contribution in [3.63, 3.8) is 0 Å². The molecule has 0 amide bonds. The third-order valence-corrected chi connectivity index (χ3v) is 4.82. The topological polar surface area (TPSA) is 110 Å². The summed E-state index contributed by atoms with van der Waals surface area (Å²) in [5.41, 5.74) is 1.78. The van der Waals surface area contributed by atoms with E-state index < -0.39 is 23.0 Å². The van der Waals surface area contributed by atoms with Crippen LogP contribution in [-0.2, 0) is 11.3 Å². The van der Waals surface area contributed by atoms with Gasteiger partial charge in [0, 0.05) is 6.07 Å². The number of methoxy groups -OCH3 is 1. The molecule has 0 saturated heterocycles. The molecule has 0 aliphatic heterocycles. The first kappa shape index (κ1) is 19.4. The van der Waals surface area contributed by atoms with Gasteiger partial charge in [0.05, 0.1) is 29.8 Å². The lowest BCUT2D eigenvalue weighted by molar-refractivity contribution is 0.0694. The number of ether oxygens (including phenoxy) is 1. The Bertz CT molecular complexity index is 1040. The number of phenols is 1. The van der Waals surface area contributed by atoms with Crippen LogP contribution in [0.5, 0.6) is 11.5 Å². The fourth-order valence-corrected chi connectivity index (χ4v) is 3.32. The number of benzene rings is 3. The minimum absolute atomic E-state index is 0.114. The molecule has 0 aliphatic rings. The van der Waals surface area contributed by atoms with Crippen molar-refractivity contribution in [3.05, 3.63) is 72.3 Å². The summed E-state index contributed by atoms with van der Waals surface area (Å²) in [5.74, 6) is -1.12. The van der Waals surface area contributed by atoms with E-state index in [2.05, 4.69) is 0 Å². The molecule has 0 fully saturated rings. The predicted octanol–water partition coefficient (Wildman–Crippen LogP) is 3.70. The summed E-state index contributed by atoms with van der Waals surface area (Å²) in [5, 5.41) is 18.9. The number of aromatic carboxylic acids is 1. The highest BCUT2D eigenvalue weighted by Crippen LogP contribution is 2.33. The largest absolute Gasteiger partial charge is 0.755 e. The fraction of sp³-hybridized carbons (Fsp3) is 0.0500. The molecule has 3 aromatic carbocycles. The van der Waals surface area contributed by atoms with Gasteiger partial charge < -0.3 is 19.5 Å². The molecule has 0 heterocycles. The molecule has 0 radical (unpaired) electrons. The Morgan fingerprint density at radius 1 is 1.00 bits per heavy atom. The van der Waals surface area contributed by atoms with Crippen molar-refractivity contribution in [3.8, 4) is 22.6 Å². The van der Waals surface area contributed by atoms with Crippen LogP contribution in [0.1, 0.15) is 10.4 Å². The van der Waals surface area contributed by atoms with E-state index in [1.54, 1.807) is 37.4 Å². The molecule has 2 N–H and O–H groups in total. The molecular formula is C20H16NO6S-. The summed E-state index contributed by atoms with van der Waals surface area (Å²) in [6.07, 6.45) is 0. The van der Waals surface area contributed by atoms with Gasteiger partial charge in [0.25, 0.3) is 0 Å². The van der Waals surface area contributed by atoms with Crippen LogP contribution in [0.2, 0.25) is 0 Å². The number of rotatable bonds is 6. The zero-order valence-corrected chi connectivity index (χ0v) is 15.6. The number of nitrogens with zero attached hydrogens (tertiary/aromatic N) is 1. The van der Waals surface area contributed by atoms with Crippen molar-refractivity contribution >= 4 is 28.6 Å². The average Bonchev–Trinajstić information content (AvgIpc) is 2.68. The van der Waals surface area contributed by atoms with Crippen LogP contribution in [-0.4, -0.2) is 32.1 Å². The lowest BCUT2D eigenvalue weighted by Gasteiger charge is -2.27. The average molecular weight is 398 g/mol. The minimum Gasteiger partial charge on any atom is -0.755 e. The Balaban J connectivity index is 2.02. The van der Waals surface area contributed by atoms with E-state index >= 15 is 0 Å². The second-order valence-electron chi connectivity index (χ2n) is 5.80. The highest BCUT2D eigenvalue weighted by Gasteiger charge is 2.16. The van der Waals surface area contributed by atoms with Crippen LogP contribution < -0.4 is 9.04 Å². The highest BCUT2D eigenvalue weighted by molar-refractivity contribution is 7.81. The monoisotopic (exact) mass is 398 g/mol. The number of carboxylic acids is 1. The molecule has 3 aromatic rings. The molecule has 28 heavy (non-hydrogen) atoms. The smallest absolute Gasteiger partial charge is 0.339 e. The quantitative estimate of drug-likeness (QED) is 0.613. The van der Waals surface area contributed by atoms with Gasteiger partial charge in [-0.2, -0.15) is 0 Å². The molecule has 0 aliphatic carbocycles. The summed E-state index contributed by atoms with van der Waals surface area (Å²) in [6, 6.07) is 17.7. The van der Waals surface area contributed by atoms with Gasteiger partial charge in [-0.3, -0.25) is 8.51 Å². The van der Waals surface area contributed by atoms with Crippen molar-refractivity contribution < 1.29 is 28.5 Å². The van der Waals surface area contributed by atoms with Crippen LogP contribution in [0, 0.1) is 0 Å². The van der Waals surface area contributed by atoms with Crippen molar-refractivity contribution in [1.82, 2.24) is 0 Å². The first-order chi connectivity index (χ1) is 13.4. The van der Waals surface area contributed by atoms with E-state index in [0.717, 1.165) is 27.6 Å². The number of carbonyl (C=O) groups is 1. The Morgan fingerprint density at radius 3 is 2.25 bits per heavy atom. The van der Waals surface area contributed by atoms with E-state index in [-0.39, 0.29) is 11.3 Å². The SMILES string of the molecule is COc1ccc(-c2cccc(N(c3ccc(C(=O)O)c(O)c3)S(=O)[O-])c2)cc1. The summed E-state index contributed by atoms with van der Waals surface area (Å²) in [4.78, 5) is 11.0. The Hall–Kier alpha value is -3.36. The van der Waals surface area contributed by atoms with Crippen LogP contribution in [0.25, 0.3) is 11.1 Å². The molecule has 0 bridgehead atoms. The summed E-state index contributed by atoms with van der Waals surface area (Å²) < 4.78 is 29.9. The molecule has 1 atom stereocenters. The molecular weight excluding hydrogens is 382 g/mol. The van der Waals surface area contributed by atoms with Gasteiger partial charge in [-0.15, -0.1) is 0 Å². The zero-order chi connectivity index (χ0) is 20.3. The van der Waals surface area contributed by atoms with Gasteiger partial charge in [-0.05, 0) is 47.5 Å².